The monoisotopic (exact) mass is 428 g/mol. The van der Waals surface area contributed by atoms with E-state index in [9.17, 15) is 9.59 Å². The minimum absolute atomic E-state index is 0.0741. The fourth-order valence-corrected chi connectivity index (χ4v) is 3.99. The van der Waals surface area contributed by atoms with Gasteiger partial charge in [0, 0.05) is 34.7 Å². The maximum Gasteiger partial charge on any atom is 0.279 e. The molecule has 1 heterocycles. The fraction of sp³-hybridized carbons (Fsp3) is 0.500. The van der Waals surface area contributed by atoms with Gasteiger partial charge in [0.1, 0.15) is 6.54 Å². The molecule has 1 aliphatic rings. The number of rotatable bonds is 11. The molecule has 0 saturated heterocycles. The molecule has 0 radical (unpaired) electrons. The van der Waals surface area contributed by atoms with Crippen molar-refractivity contribution in [2.24, 2.45) is 0 Å². The number of ketones is 1. The predicted octanol–water partition coefficient (Wildman–Crippen LogP) is 2.57. The van der Waals surface area contributed by atoms with Crippen molar-refractivity contribution in [1.29, 1.82) is 0 Å². The van der Waals surface area contributed by atoms with Crippen LogP contribution in [-0.2, 0) is 4.79 Å². The largest absolute Gasteiger partial charge is 0.490 e. The second-order valence-corrected chi connectivity index (χ2v) is 8.20. The minimum Gasteiger partial charge on any atom is -0.490 e. The van der Waals surface area contributed by atoms with E-state index in [2.05, 4.69) is 16.8 Å². The molecule has 1 fully saturated rings. The molecule has 1 aromatic heterocycles. The van der Waals surface area contributed by atoms with Gasteiger partial charge in [0.25, 0.3) is 5.91 Å². The Morgan fingerprint density at radius 1 is 1.06 bits per heavy atom. The van der Waals surface area contributed by atoms with Crippen LogP contribution in [0.1, 0.15) is 54.5 Å². The summed E-state index contributed by atoms with van der Waals surface area (Å²) in [5.74, 6) is 1.17. The number of benzene rings is 1. The summed E-state index contributed by atoms with van der Waals surface area (Å²) in [6, 6.07) is 7.88. The van der Waals surface area contributed by atoms with Crippen molar-refractivity contribution in [3.05, 3.63) is 41.2 Å². The molecular weight excluding hydrogens is 394 g/mol. The van der Waals surface area contributed by atoms with Crippen LogP contribution in [0.2, 0.25) is 0 Å². The van der Waals surface area contributed by atoms with E-state index in [1.165, 1.54) is 12.8 Å². The number of quaternary nitrogens is 1. The lowest BCUT2D eigenvalue weighted by molar-refractivity contribution is -0.861. The number of likely N-dealkylation sites (N-methyl/N-ethyl adjacent to an activating group) is 1. The van der Waals surface area contributed by atoms with Crippen LogP contribution in [0.15, 0.2) is 24.3 Å². The number of hydrogen-bond donors (Lipinski definition) is 2. The van der Waals surface area contributed by atoms with Gasteiger partial charge in [-0.3, -0.25) is 9.59 Å². The zero-order valence-corrected chi connectivity index (χ0v) is 19.2. The second-order valence-electron chi connectivity index (χ2n) is 8.20. The molecule has 1 aromatic carbocycles. The molecule has 0 aliphatic heterocycles. The lowest BCUT2D eigenvalue weighted by Crippen LogP contribution is -3.11. The highest BCUT2D eigenvalue weighted by Crippen LogP contribution is 2.38. The summed E-state index contributed by atoms with van der Waals surface area (Å²) < 4.78 is 13.4. The van der Waals surface area contributed by atoms with Gasteiger partial charge in [-0.05, 0) is 58.7 Å². The molecule has 2 N–H and O–H groups in total. The van der Waals surface area contributed by atoms with Gasteiger partial charge in [-0.1, -0.05) is 0 Å². The summed E-state index contributed by atoms with van der Waals surface area (Å²) in [6.45, 7) is 9.40. The van der Waals surface area contributed by atoms with E-state index < -0.39 is 0 Å². The molecule has 1 aliphatic carbocycles. The molecule has 1 unspecified atom stereocenters. The van der Waals surface area contributed by atoms with Crippen molar-refractivity contribution in [3.63, 3.8) is 0 Å². The van der Waals surface area contributed by atoms with Crippen LogP contribution >= 0.6 is 0 Å². The van der Waals surface area contributed by atoms with Crippen molar-refractivity contribution in [2.45, 2.75) is 46.6 Å². The first kappa shape index (κ1) is 22.9. The molecule has 0 spiro atoms. The van der Waals surface area contributed by atoms with Crippen LogP contribution in [0.4, 0.5) is 5.69 Å². The number of amides is 1. The Bertz CT molecular complexity index is 947. The number of aryl methyl sites for hydroxylation is 1. The number of Topliss-reactive ketones (excluding diaryl/α,β-unsaturated/α-hetero) is 1. The Balaban J connectivity index is 1.58. The summed E-state index contributed by atoms with van der Waals surface area (Å²) >= 11 is 0. The number of nitrogens with one attached hydrogen (secondary N) is 2. The van der Waals surface area contributed by atoms with Crippen LogP contribution in [0, 0.1) is 13.8 Å². The van der Waals surface area contributed by atoms with Gasteiger partial charge in [0.2, 0.25) is 5.78 Å². The van der Waals surface area contributed by atoms with Crippen molar-refractivity contribution in [3.8, 4) is 11.5 Å². The molecule has 3 rings (SSSR count). The summed E-state index contributed by atoms with van der Waals surface area (Å²) in [4.78, 5) is 26.2. The number of nitrogens with zero attached hydrogens (tertiary/aromatic N) is 1. The van der Waals surface area contributed by atoms with Gasteiger partial charge in [-0.2, -0.15) is 0 Å². The number of aromatic nitrogens is 1. The smallest absolute Gasteiger partial charge is 0.279 e. The Kier molecular flexibility index (Phi) is 7.38. The Morgan fingerprint density at radius 3 is 2.39 bits per heavy atom. The minimum atomic E-state index is -0.152. The maximum absolute atomic E-state index is 12.8. The van der Waals surface area contributed by atoms with Crippen LogP contribution in [0.25, 0.3) is 0 Å². The Hall–Kier alpha value is -2.80. The topological polar surface area (TPSA) is 74.0 Å². The van der Waals surface area contributed by atoms with E-state index in [0.29, 0.717) is 36.4 Å². The van der Waals surface area contributed by atoms with Crippen molar-refractivity contribution in [1.82, 2.24) is 4.57 Å². The lowest BCUT2D eigenvalue weighted by Gasteiger charge is -2.15. The van der Waals surface area contributed by atoms with Gasteiger partial charge in [0.15, 0.2) is 18.0 Å². The Labute approximate surface area is 184 Å². The van der Waals surface area contributed by atoms with Gasteiger partial charge in [0.05, 0.1) is 20.3 Å². The highest BCUT2D eigenvalue weighted by atomic mass is 16.5. The zero-order valence-electron chi connectivity index (χ0n) is 19.2. The molecule has 7 heteroatoms. The van der Waals surface area contributed by atoms with Crippen molar-refractivity contribution in [2.75, 3.05) is 38.7 Å². The van der Waals surface area contributed by atoms with Gasteiger partial charge in [-0.25, -0.2) is 0 Å². The highest BCUT2D eigenvalue weighted by molar-refractivity contribution is 5.98. The van der Waals surface area contributed by atoms with Gasteiger partial charge >= 0.3 is 0 Å². The standard InChI is InChI=1S/C24H33N3O4/c1-6-30-22-11-8-18(13-23(22)31-7-2)25-24(29)15-26(5)14-21(28)20-12-16(3)27(17(20)4)19-9-10-19/h8,11-13,19H,6-7,9-10,14-15H2,1-5H3,(H,25,29)/p+1. The van der Waals surface area contributed by atoms with E-state index in [4.69, 9.17) is 9.47 Å². The lowest BCUT2D eigenvalue weighted by atomic mass is 10.1. The number of ether oxygens (including phenoxy) is 2. The number of hydrogen-bond acceptors (Lipinski definition) is 4. The molecule has 1 amide bonds. The zero-order chi connectivity index (χ0) is 22.5. The van der Waals surface area contributed by atoms with Crippen molar-refractivity contribution >= 4 is 17.4 Å². The first-order valence-electron chi connectivity index (χ1n) is 11.1. The van der Waals surface area contributed by atoms with E-state index in [-0.39, 0.29) is 24.8 Å². The first-order chi connectivity index (χ1) is 14.8. The predicted molar refractivity (Wildman–Crippen MR) is 121 cm³/mol. The van der Waals surface area contributed by atoms with E-state index in [1.807, 2.05) is 33.9 Å². The summed E-state index contributed by atoms with van der Waals surface area (Å²) in [7, 11) is 1.86. The molecule has 31 heavy (non-hydrogen) atoms. The van der Waals surface area contributed by atoms with Crippen LogP contribution in [-0.4, -0.2) is 49.6 Å². The molecule has 0 bridgehead atoms. The van der Waals surface area contributed by atoms with E-state index in [1.54, 1.807) is 18.2 Å². The normalized spacial score (nSPS) is 14.2. The molecule has 7 nitrogen and oxygen atoms in total. The van der Waals surface area contributed by atoms with Crippen LogP contribution < -0.4 is 19.7 Å². The third-order valence-electron chi connectivity index (χ3n) is 5.45. The SMILES string of the molecule is CCOc1ccc(NC(=O)C[NH+](C)CC(=O)c2cc(C)n(C3CC3)c2C)cc1OCC. The first-order valence-corrected chi connectivity index (χ1v) is 11.1. The average Bonchev–Trinajstić information content (AvgIpc) is 3.48. The second kappa shape index (κ2) is 10.0. The maximum atomic E-state index is 12.8. The highest BCUT2D eigenvalue weighted by Gasteiger charge is 2.29. The van der Waals surface area contributed by atoms with E-state index in [0.717, 1.165) is 21.9 Å². The van der Waals surface area contributed by atoms with Crippen molar-refractivity contribution < 1.29 is 24.0 Å². The summed E-state index contributed by atoms with van der Waals surface area (Å²) in [5.41, 5.74) is 3.60. The van der Waals surface area contributed by atoms with Crippen LogP contribution in [0.5, 0.6) is 11.5 Å². The summed E-state index contributed by atoms with van der Waals surface area (Å²) in [5, 5.41) is 2.89. The Morgan fingerprint density at radius 2 is 1.74 bits per heavy atom. The average molecular weight is 429 g/mol. The van der Waals surface area contributed by atoms with Gasteiger partial charge < -0.3 is 24.3 Å². The molecular formula is C24H34N3O4+. The van der Waals surface area contributed by atoms with E-state index >= 15 is 0 Å². The molecule has 2 aromatic rings. The number of carbonyl (C=O) groups is 2. The molecule has 1 saturated carbocycles. The fourth-order valence-electron chi connectivity index (χ4n) is 3.99. The number of anilines is 1. The number of carbonyl (C=O) groups excluding carboxylic acids is 2. The molecule has 168 valence electrons. The third kappa shape index (κ3) is 5.67. The molecule has 1 atom stereocenters. The third-order valence-corrected chi connectivity index (χ3v) is 5.45. The quantitative estimate of drug-likeness (QED) is 0.540. The summed E-state index contributed by atoms with van der Waals surface area (Å²) in [6.07, 6.45) is 2.37. The van der Waals surface area contributed by atoms with Crippen LogP contribution in [0.3, 0.4) is 0 Å². The van der Waals surface area contributed by atoms with Gasteiger partial charge in [-0.15, -0.1) is 0 Å².